The van der Waals surface area contributed by atoms with Crippen LogP contribution < -0.4 is 0 Å². The molecule has 0 aliphatic carbocycles. The fourth-order valence-corrected chi connectivity index (χ4v) is 3.87. The molecule has 6 heteroatoms. The van der Waals surface area contributed by atoms with Crippen molar-refractivity contribution in [2.45, 2.75) is 25.5 Å². The van der Waals surface area contributed by atoms with Crippen molar-refractivity contribution in [3.05, 3.63) is 64.1 Å². The third kappa shape index (κ3) is 4.02. The minimum absolute atomic E-state index is 0.0781. The van der Waals surface area contributed by atoms with Gasteiger partial charge in [-0.2, -0.15) is 0 Å². The summed E-state index contributed by atoms with van der Waals surface area (Å²) in [4.78, 5) is 12.4. The maximum atomic E-state index is 12.4. The van der Waals surface area contributed by atoms with Crippen LogP contribution in [0.4, 0.5) is 0 Å². The molecule has 1 heterocycles. The van der Waals surface area contributed by atoms with Crippen LogP contribution in [0.25, 0.3) is 11.4 Å². The van der Waals surface area contributed by atoms with Gasteiger partial charge in [-0.05, 0) is 31.5 Å². The first-order valence-electron chi connectivity index (χ1n) is 8.01. The number of benzene rings is 2. The predicted molar refractivity (Wildman–Crippen MR) is 105 cm³/mol. The standard InChI is InChI=1S/C19H18BrN3OS/c1-3-23-18(16-10-5-4-7-13(16)2)21-22-19(23)25-12-17(24)14-8-6-9-15(20)11-14/h4-11H,3,12H2,1-2H3. The molecule has 2 aromatic carbocycles. The van der Waals surface area contributed by atoms with Crippen molar-refractivity contribution in [2.24, 2.45) is 0 Å². The molecule has 0 saturated carbocycles. The summed E-state index contributed by atoms with van der Waals surface area (Å²) in [5.74, 6) is 1.26. The lowest BCUT2D eigenvalue weighted by Crippen LogP contribution is -2.05. The van der Waals surface area contributed by atoms with E-state index in [-0.39, 0.29) is 5.78 Å². The second-order valence-electron chi connectivity index (χ2n) is 5.59. The van der Waals surface area contributed by atoms with Gasteiger partial charge in [0.05, 0.1) is 5.75 Å². The second-order valence-corrected chi connectivity index (χ2v) is 7.45. The highest BCUT2D eigenvalue weighted by Crippen LogP contribution is 2.26. The monoisotopic (exact) mass is 415 g/mol. The topological polar surface area (TPSA) is 47.8 Å². The summed E-state index contributed by atoms with van der Waals surface area (Å²) in [6.45, 7) is 4.88. The van der Waals surface area contributed by atoms with Gasteiger partial charge in [0.1, 0.15) is 0 Å². The van der Waals surface area contributed by atoms with E-state index in [1.165, 1.54) is 11.8 Å². The van der Waals surface area contributed by atoms with E-state index in [2.05, 4.69) is 50.6 Å². The largest absolute Gasteiger partial charge is 0.302 e. The maximum absolute atomic E-state index is 12.4. The number of halogens is 1. The smallest absolute Gasteiger partial charge is 0.191 e. The molecular weight excluding hydrogens is 398 g/mol. The lowest BCUT2D eigenvalue weighted by molar-refractivity contribution is 0.102. The Labute approximate surface area is 159 Å². The van der Waals surface area contributed by atoms with Gasteiger partial charge < -0.3 is 4.57 Å². The molecule has 0 amide bonds. The molecule has 0 N–H and O–H groups in total. The van der Waals surface area contributed by atoms with Crippen LogP contribution in [0, 0.1) is 6.92 Å². The van der Waals surface area contributed by atoms with Crippen molar-refractivity contribution in [1.29, 1.82) is 0 Å². The van der Waals surface area contributed by atoms with E-state index in [0.29, 0.717) is 11.3 Å². The number of carbonyl (C=O) groups is 1. The number of ketones is 1. The molecule has 3 rings (SSSR count). The Balaban J connectivity index is 1.80. The van der Waals surface area contributed by atoms with Crippen LogP contribution in [0.5, 0.6) is 0 Å². The van der Waals surface area contributed by atoms with Crippen molar-refractivity contribution >= 4 is 33.5 Å². The van der Waals surface area contributed by atoms with Crippen LogP contribution >= 0.6 is 27.7 Å². The van der Waals surface area contributed by atoms with Crippen LogP contribution in [-0.2, 0) is 6.54 Å². The number of aryl methyl sites for hydroxylation is 1. The molecule has 0 bridgehead atoms. The molecule has 0 spiro atoms. The van der Waals surface area contributed by atoms with Gasteiger partial charge in [0, 0.05) is 22.1 Å². The highest BCUT2D eigenvalue weighted by atomic mass is 79.9. The average molecular weight is 416 g/mol. The molecule has 0 unspecified atom stereocenters. The van der Waals surface area contributed by atoms with Gasteiger partial charge in [0.2, 0.25) is 0 Å². The first-order chi connectivity index (χ1) is 12.1. The number of hydrogen-bond acceptors (Lipinski definition) is 4. The third-order valence-corrected chi connectivity index (χ3v) is 5.36. The van der Waals surface area contributed by atoms with E-state index in [0.717, 1.165) is 33.1 Å². The molecule has 0 fully saturated rings. The van der Waals surface area contributed by atoms with Crippen molar-refractivity contribution in [3.8, 4) is 11.4 Å². The van der Waals surface area contributed by atoms with Gasteiger partial charge >= 0.3 is 0 Å². The van der Waals surface area contributed by atoms with Crippen LogP contribution in [0.3, 0.4) is 0 Å². The molecular formula is C19H18BrN3OS. The summed E-state index contributed by atoms with van der Waals surface area (Å²) in [6.07, 6.45) is 0. The molecule has 0 aliphatic heterocycles. The minimum atomic E-state index is 0.0781. The van der Waals surface area contributed by atoms with E-state index in [9.17, 15) is 4.79 Å². The van der Waals surface area contributed by atoms with Crippen LogP contribution in [0.15, 0.2) is 58.2 Å². The maximum Gasteiger partial charge on any atom is 0.191 e. The quantitative estimate of drug-likeness (QED) is 0.419. The lowest BCUT2D eigenvalue weighted by atomic mass is 10.1. The van der Waals surface area contributed by atoms with Crippen LogP contribution in [-0.4, -0.2) is 26.3 Å². The van der Waals surface area contributed by atoms with E-state index in [1.54, 1.807) is 0 Å². The molecule has 0 saturated heterocycles. The van der Waals surface area contributed by atoms with Gasteiger partial charge in [0.25, 0.3) is 0 Å². The predicted octanol–water partition coefficient (Wildman–Crippen LogP) is 5.01. The fourth-order valence-electron chi connectivity index (χ4n) is 2.58. The van der Waals surface area contributed by atoms with E-state index < -0.39 is 0 Å². The van der Waals surface area contributed by atoms with Gasteiger partial charge in [-0.3, -0.25) is 4.79 Å². The third-order valence-electron chi connectivity index (χ3n) is 3.90. The zero-order valence-corrected chi connectivity index (χ0v) is 16.5. The Kier molecular flexibility index (Phi) is 5.71. The highest BCUT2D eigenvalue weighted by molar-refractivity contribution is 9.10. The highest BCUT2D eigenvalue weighted by Gasteiger charge is 2.16. The van der Waals surface area contributed by atoms with Crippen molar-refractivity contribution in [1.82, 2.24) is 14.8 Å². The molecule has 0 aliphatic rings. The molecule has 128 valence electrons. The van der Waals surface area contributed by atoms with Crippen molar-refractivity contribution in [3.63, 3.8) is 0 Å². The first kappa shape index (κ1) is 17.9. The first-order valence-corrected chi connectivity index (χ1v) is 9.78. The Morgan fingerprint density at radius 3 is 2.68 bits per heavy atom. The molecule has 0 radical (unpaired) electrons. The lowest BCUT2D eigenvalue weighted by Gasteiger charge is -2.09. The minimum Gasteiger partial charge on any atom is -0.302 e. The molecule has 1 aromatic heterocycles. The Morgan fingerprint density at radius 2 is 1.96 bits per heavy atom. The van der Waals surface area contributed by atoms with Crippen molar-refractivity contribution in [2.75, 3.05) is 5.75 Å². The molecule has 3 aromatic rings. The normalized spacial score (nSPS) is 10.8. The van der Waals surface area contributed by atoms with Crippen molar-refractivity contribution < 1.29 is 4.79 Å². The fraction of sp³-hybridized carbons (Fsp3) is 0.211. The van der Waals surface area contributed by atoms with Gasteiger partial charge in [0.15, 0.2) is 16.8 Å². The molecule has 0 atom stereocenters. The molecule has 4 nitrogen and oxygen atoms in total. The summed E-state index contributed by atoms with van der Waals surface area (Å²) in [5, 5.41) is 9.43. The number of Topliss-reactive ketones (excluding diaryl/α,β-unsaturated/α-hetero) is 1. The average Bonchev–Trinajstić information content (AvgIpc) is 3.02. The Morgan fingerprint density at radius 1 is 1.16 bits per heavy atom. The van der Waals surface area contributed by atoms with E-state index in [4.69, 9.17) is 0 Å². The number of nitrogens with zero attached hydrogens (tertiary/aromatic N) is 3. The summed E-state index contributed by atoms with van der Waals surface area (Å²) < 4.78 is 2.96. The summed E-state index contributed by atoms with van der Waals surface area (Å²) in [6, 6.07) is 15.6. The summed E-state index contributed by atoms with van der Waals surface area (Å²) >= 11 is 4.83. The number of hydrogen-bond donors (Lipinski definition) is 0. The van der Waals surface area contributed by atoms with Gasteiger partial charge in [-0.1, -0.05) is 64.1 Å². The molecule has 25 heavy (non-hydrogen) atoms. The SMILES string of the molecule is CCn1c(SCC(=O)c2cccc(Br)c2)nnc1-c1ccccc1C. The second kappa shape index (κ2) is 7.97. The number of carbonyl (C=O) groups excluding carboxylic acids is 1. The number of rotatable bonds is 6. The number of aromatic nitrogens is 3. The van der Waals surface area contributed by atoms with E-state index >= 15 is 0 Å². The zero-order valence-electron chi connectivity index (χ0n) is 14.1. The summed E-state index contributed by atoms with van der Waals surface area (Å²) in [5.41, 5.74) is 2.93. The Bertz CT molecular complexity index is 907. The Hall–Kier alpha value is -1.92. The summed E-state index contributed by atoms with van der Waals surface area (Å²) in [7, 11) is 0. The van der Waals surface area contributed by atoms with E-state index in [1.807, 2.05) is 42.5 Å². The number of thioether (sulfide) groups is 1. The van der Waals surface area contributed by atoms with Gasteiger partial charge in [-0.25, -0.2) is 0 Å². The zero-order chi connectivity index (χ0) is 17.8. The van der Waals surface area contributed by atoms with Gasteiger partial charge in [-0.15, -0.1) is 10.2 Å². The van der Waals surface area contributed by atoms with Crippen LogP contribution in [0.1, 0.15) is 22.8 Å². The van der Waals surface area contributed by atoms with Crippen LogP contribution in [0.2, 0.25) is 0 Å².